The monoisotopic (exact) mass is 589 g/mol. The largest absolute Gasteiger partial charge is 0.481 e. The molecule has 4 aromatic rings. The number of halogens is 5. The van der Waals surface area contributed by atoms with Crippen LogP contribution in [0.3, 0.4) is 0 Å². The number of amides is 1. The summed E-state index contributed by atoms with van der Waals surface area (Å²) in [4.78, 5) is 26.9. The minimum Gasteiger partial charge on any atom is -0.481 e. The molecular weight excluding hydrogens is 571 g/mol. The lowest BCUT2D eigenvalue weighted by Crippen LogP contribution is -2.26. The maximum Gasteiger partial charge on any atom is 0.305 e. The van der Waals surface area contributed by atoms with Gasteiger partial charge in [0.05, 0.1) is 11.4 Å². The van der Waals surface area contributed by atoms with Gasteiger partial charge in [-0.25, -0.2) is 8.78 Å². The highest BCUT2D eigenvalue weighted by molar-refractivity contribution is 6.38. The second-order valence-corrected chi connectivity index (χ2v) is 9.68. The first-order valence-corrected chi connectivity index (χ1v) is 12.7. The molecule has 11 heteroatoms. The molecule has 200 valence electrons. The number of rotatable bonds is 9. The number of nitrogens with one attached hydrogen (secondary N) is 2. The van der Waals surface area contributed by atoms with Gasteiger partial charge in [-0.15, -0.1) is 0 Å². The molecule has 6 nitrogen and oxygen atoms in total. The van der Waals surface area contributed by atoms with Gasteiger partial charge in [0.15, 0.2) is 11.6 Å². The molecular formula is C28H20Cl3F2N3O3. The fourth-order valence-corrected chi connectivity index (χ4v) is 4.61. The quantitative estimate of drug-likeness (QED) is 0.188. The molecule has 0 atom stereocenters. The second-order valence-electron chi connectivity index (χ2n) is 8.43. The molecule has 0 bridgehead atoms. The Balaban J connectivity index is 1.53. The van der Waals surface area contributed by atoms with Gasteiger partial charge in [0.1, 0.15) is 5.69 Å². The van der Waals surface area contributed by atoms with E-state index < -0.39 is 23.5 Å². The van der Waals surface area contributed by atoms with Crippen molar-refractivity contribution in [2.45, 2.75) is 13.0 Å². The van der Waals surface area contributed by atoms with Crippen molar-refractivity contribution in [3.05, 3.63) is 105 Å². The highest BCUT2D eigenvalue weighted by Crippen LogP contribution is 2.36. The summed E-state index contributed by atoms with van der Waals surface area (Å²) in [6.45, 7) is 0.0790. The van der Waals surface area contributed by atoms with E-state index in [2.05, 4.69) is 15.6 Å². The van der Waals surface area contributed by atoms with E-state index in [0.29, 0.717) is 48.6 Å². The molecule has 0 aliphatic rings. The summed E-state index contributed by atoms with van der Waals surface area (Å²) in [5, 5.41) is 15.7. The number of carbonyl (C=O) groups excluding carboxylic acids is 1. The minimum absolute atomic E-state index is 0.0473. The SMILES string of the molecule is O=C(O)CCNC(=O)c1ccc(-c2cc(F)c(F)cc2CNc2ccc(-c3ccc(Cl)cc3Cl)c(Cl)c2)cn1. The van der Waals surface area contributed by atoms with Crippen LogP contribution in [-0.4, -0.2) is 28.5 Å². The van der Waals surface area contributed by atoms with Crippen LogP contribution in [0.15, 0.2) is 66.9 Å². The fourth-order valence-electron chi connectivity index (χ4n) is 3.81. The van der Waals surface area contributed by atoms with Gasteiger partial charge in [0.25, 0.3) is 5.91 Å². The van der Waals surface area contributed by atoms with Crippen LogP contribution < -0.4 is 10.6 Å². The molecule has 0 radical (unpaired) electrons. The number of benzene rings is 3. The van der Waals surface area contributed by atoms with Crippen molar-refractivity contribution < 1.29 is 23.5 Å². The molecule has 0 aliphatic carbocycles. The number of hydrogen-bond acceptors (Lipinski definition) is 4. The summed E-state index contributed by atoms with van der Waals surface area (Å²) in [5.41, 5.74) is 3.39. The average Bonchev–Trinajstić information content (AvgIpc) is 2.89. The predicted octanol–water partition coefficient (Wildman–Crippen LogP) is 7.47. The highest BCUT2D eigenvalue weighted by atomic mass is 35.5. The Morgan fingerprint density at radius 3 is 2.18 bits per heavy atom. The van der Waals surface area contributed by atoms with E-state index in [1.807, 2.05) is 0 Å². The molecule has 0 aliphatic heterocycles. The topological polar surface area (TPSA) is 91.3 Å². The van der Waals surface area contributed by atoms with Crippen molar-refractivity contribution in [2.75, 3.05) is 11.9 Å². The van der Waals surface area contributed by atoms with Crippen LogP contribution in [0.25, 0.3) is 22.3 Å². The Morgan fingerprint density at radius 1 is 0.846 bits per heavy atom. The zero-order valence-corrected chi connectivity index (χ0v) is 22.3. The molecule has 3 N–H and O–H groups in total. The lowest BCUT2D eigenvalue weighted by atomic mass is 10.00. The Bertz CT molecular complexity index is 1550. The normalized spacial score (nSPS) is 10.8. The lowest BCUT2D eigenvalue weighted by molar-refractivity contribution is -0.136. The summed E-state index contributed by atoms with van der Waals surface area (Å²) < 4.78 is 28.3. The first-order chi connectivity index (χ1) is 18.6. The number of pyridine rings is 1. The zero-order chi connectivity index (χ0) is 28.1. The van der Waals surface area contributed by atoms with Gasteiger partial charge in [-0.1, -0.05) is 53.0 Å². The van der Waals surface area contributed by atoms with Crippen LogP contribution in [0.2, 0.25) is 15.1 Å². The maximum atomic E-state index is 14.2. The number of nitrogens with zero attached hydrogens (tertiary/aromatic N) is 1. The van der Waals surface area contributed by atoms with Gasteiger partial charge in [-0.05, 0) is 53.6 Å². The van der Waals surface area contributed by atoms with Crippen LogP contribution >= 0.6 is 34.8 Å². The van der Waals surface area contributed by atoms with Crippen molar-refractivity contribution in [1.29, 1.82) is 0 Å². The summed E-state index contributed by atoms with van der Waals surface area (Å²) >= 11 is 18.8. The Hall–Kier alpha value is -3.72. The summed E-state index contributed by atoms with van der Waals surface area (Å²) in [6.07, 6.45) is 1.14. The smallest absolute Gasteiger partial charge is 0.305 e. The molecule has 4 rings (SSSR count). The van der Waals surface area contributed by atoms with E-state index >= 15 is 0 Å². The number of hydrogen-bond donors (Lipinski definition) is 3. The van der Waals surface area contributed by atoms with Crippen molar-refractivity contribution in [3.8, 4) is 22.3 Å². The van der Waals surface area contributed by atoms with E-state index in [1.165, 1.54) is 12.3 Å². The summed E-state index contributed by atoms with van der Waals surface area (Å²) in [6, 6.07) is 15.5. The standard InChI is InChI=1S/C28H20Cl3F2N3O3/c29-17-2-4-19(22(30)10-17)20-5-3-18(11-23(20)31)35-14-16-9-24(32)25(33)12-21(16)15-1-6-26(36-13-15)28(39)34-8-7-27(37)38/h1-6,9-13,35H,7-8,14H2,(H,34,39)(H,37,38). The van der Waals surface area contributed by atoms with Gasteiger partial charge in [0.2, 0.25) is 0 Å². The van der Waals surface area contributed by atoms with Crippen molar-refractivity contribution in [1.82, 2.24) is 10.3 Å². The van der Waals surface area contributed by atoms with Gasteiger partial charge in [-0.3, -0.25) is 14.6 Å². The van der Waals surface area contributed by atoms with Gasteiger partial charge >= 0.3 is 5.97 Å². The highest BCUT2D eigenvalue weighted by Gasteiger charge is 2.15. The lowest BCUT2D eigenvalue weighted by Gasteiger charge is -2.14. The molecule has 0 saturated heterocycles. The third kappa shape index (κ3) is 7.03. The number of carbonyl (C=O) groups is 2. The molecule has 1 heterocycles. The molecule has 1 amide bonds. The van der Waals surface area contributed by atoms with Crippen molar-refractivity contribution in [3.63, 3.8) is 0 Å². The molecule has 3 aromatic carbocycles. The Kier molecular flexibility index (Phi) is 9.01. The van der Waals surface area contributed by atoms with Crippen molar-refractivity contribution >= 4 is 52.4 Å². The van der Waals surface area contributed by atoms with Crippen LogP contribution in [-0.2, 0) is 11.3 Å². The average molecular weight is 591 g/mol. The fraction of sp³-hybridized carbons (Fsp3) is 0.107. The van der Waals surface area contributed by atoms with Crippen LogP contribution in [0.4, 0.5) is 14.5 Å². The van der Waals surface area contributed by atoms with Gasteiger partial charge in [-0.2, -0.15) is 0 Å². The van der Waals surface area contributed by atoms with Crippen molar-refractivity contribution in [2.24, 2.45) is 0 Å². The molecule has 0 fully saturated rings. The first-order valence-electron chi connectivity index (χ1n) is 11.6. The van der Waals surface area contributed by atoms with Crippen LogP contribution in [0.1, 0.15) is 22.5 Å². The Morgan fingerprint density at radius 2 is 1.54 bits per heavy atom. The maximum absolute atomic E-state index is 14.2. The first kappa shape index (κ1) is 28.3. The number of anilines is 1. The molecule has 0 saturated carbocycles. The van der Waals surface area contributed by atoms with E-state index in [4.69, 9.17) is 39.9 Å². The summed E-state index contributed by atoms with van der Waals surface area (Å²) in [7, 11) is 0. The zero-order valence-electron chi connectivity index (χ0n) is 20.1. The molecule has 0 spiro atoms. The molecule has 39 heavy (non-hydrogen) atoms. The minimum atomic E-state index is -1.04. The molecule has 1 aromatic heterocycles. The Labute approximate surface area is 237 Å². The van der Waals surface area contributed by atoms with Crippen LogP contribution in [0, 0.1) is 11.6 Å². The molecule has 0 unspecified atom stereocenters. The van der Waals surface area contributed by atoms with E-state index in [1.54, 1.807) is 42.5 Å². The predicted molar refractivity (Wildman–Crippen MR) is 148 cm³/mol. The van der Waals surface area contributed by atoms with E-state index in [-0.39, 0.29) is 25.2 Å². The van der Waals surface area contributed by atoms with Gasteiger partial charge in [0, 0.05) is 51.7 Å². The number of carboxylic acids is 1. The van der Waals surface area contributed by atoms with E-state index in [9.17, 15) is 18.4 Å². The van der Waals surface area contributed by atoms with Crippen LogP contribution in [0.5, 0.6) is 0 Å². The van der Waals surface area contributed by atoms with E-state index in [0.717, 1.165) is 12.1 Å². The third-order valence-electron chi connectivity index (χ3n) is 5.75. The number of aliphatic carboxylic acids is 1. The summed E-state index contributed by atoms with van der Waals surface area (Å²) in [5.74, 6) is -3.63. The number of aromatic nitrogens is 1. The number of carboxylic acid groups (broad SMARTS) is 1. The van der Waals surface area contributed by atoms with Gasteiger partial charge < -0.3 is 15.7 Å². The second kappa shape index (κ2) is 12.4. The third-order valence-corrected chi connectivity index (χ3v) is 6.61.